The van der Waals surface area contributed by atoms with Crippen LogP contribution >= 0.6 is 0 Å². The van der Waals surface area contributed by atoms with Crippen LogP contribution in [0.1, 0.15) is 36.4 Å². The lowest BCUT2D eigenvalue weighted by molar-refractivity contribution is 0.292. The second kappa shape index (κ2) is 5.02. The largest absolute Gasteiger partial charge is 0.323 e. The molecule has 1 aliphatic carbocycles. The summed E-state index contributed by atoms with van der Waals surface area (Å²) in [6.45, 7) is 5.72. The number of benzene rings is 1. The quantitative estimate of drug-likeness (QED) is 0.886. The minimum Gasteiger partial charge on any atom is -0.323 e. The van der Waals surface area contributed by atoms with E-state index in [1.165, 1.54) is 43.5 Å². The molecule has 0 bridgehead atoms. The molecule has 3 atom stereocenters. The first-order valence-corrected chi connectivity index (χ1v) is 7.27. The van der Waals surface area contributed by atoms with Gasteiger partial charge < -0.3 is 10.6 Å². The topological polar surface area (TPSA) is 29.3 Å². The van der Waals surface area contributed by atoms with Crippen LogP contribution in [0.15, 0.2) is 24.3 Å². The minimum atomic E-state index is 0.170. The highest BCUT2D eigenvalue weighted by atomic mass is 15.2. The van der Waals surface area contributed by atoms with Crippen LogP contribution in [-0.4, -0.2) is 24.5 Å². The third-order valence-corrected chi connectivity index (χ3v) is 4.73. The van der Waals surface area contributed by atoms with Gasteiger partial charge in [-0.1, -0.05) is 36.2 Å². The Morgan fingerprint density at radius 3 is 2.67 bits per heavy atom. The SMILES string of the molecule is Cc1cccc(C(N)CN2CC3CCCC3C2)c1. The van der Waals surface area contributed by atoms with E-state index in [1.807, 2.05) is 0 Å². The molecule has 1 aromatic rings. The fourth-order valence-corrected chi connectivity index (χ4v) is 3.77. The summed E-state index contributed by atoms with van der Waals surface area (Å²) < 4.78 is 0. The molecule has 0 amide bonds. The maximum atomic E-state index is 6.35. The van der Waals surface area contributed by atoms with Crippen LogP contribution in [0, 0.1) is 18.8 Å². The van der Waals surface area contributed by atoms with Crippen LogP contribution < -0.4 is 5.73 Å². The highest BCUT2D eigenvalue weighted by Gasteiger charge is 2.36. The van der Waals surface area contributed by atoms with Gasteiger partial charge in [0, 0.05) is 25.7 Å². The second-order valence-corrected chi connectivity index (χ2v) is 6.19. The first-order chi connectivity index (χ1) is 8.72. The van der Waals surface area contributed by atoms with Gasteiger partial charge in [-0.3, -0.25) is 0 Å². The zero-order valence-corrected chi connectivity index (χ0v) is 11.3. The zero-order chi connectivity index (χ0) is 12.5. The van der Waals surface area contributed by atoms with Crippen LogP contribution in [0.2, 0.25) is 0 Å². The van der Waals surface area contributed by atoms with E-state index in [9.17, 15) is 0 Å². The number of rotatable bonds is 3. The Morgan fingerprint density at radius 2 is 2.00 bits per heavy atom. The number of aryl methyl sites for hydroxylation is 1. The lowest BCUT2D eigenvalue weighted by atomic mass is 10.0. The van der Waals surface area contributed by atoms with Gasteiger partial charge in [0.05, 0.1) is 0 Å². The Kier molecular flexibility index (Phi) is 3.40. The third-order valence-electron chi connectivity index (χ3n) is 4.73. The monoisotopic (exact) mass is 244 g/mol. The summed E-state index contributed by atoms with van der Waals surface area (Å²) in [5.74, 6) is 1.93. The molecule has 98 valence electrons. The van der Waals surface area contributed by atoms with Crippen molar-refractivity contribution in [2.45, 2.75) is 32.2 Å². The van der Waals surface area contributed by atoms with Gasteiger partial charge in [0.2, 0.25) is 0 Å². The van der Waals surface area contributed by atoms with E-state index in [4.69, 9.17) is 5.73 Å². The van der Waals surface area contributed by atoms with E-state index in [-0.39, 0.29) is 6.04 Å². The minimum absolute atomic E-state index is 0.170. The van der Waals surface area contributed by atoms with Crippen molar-refractivity contribution in [3.05, 3.63) is 35.4 Å². The van der Waals surface area contributed by atoms with Gasteiger partial charge >= 0.3 is 0 Å². The first kappa shape index (κ1) is 12.2. The molecule has 1 saturated heterocycles. The van der Waals surface area contributed by atoms with Crippen molar-refractivity contribution < 1.29 is 0 Å². The number of hydrogen-bond acceptors (Lipinski definition) is 2. The summed E-state index contributed by atoms with van der Waals surface area (Å²) in [7, 11) is 0. The predicted molar refractivity (Wildman–Crippen MR) is 75.4 cm³/mol. The zero-order valence-electron chi connectivity index (χ0n) is 11.3. The predicted octanol–water partition coefficient (Wildman–Crippen LogP) is 2.73. The standard InChI is InChI=1S/C16H24N2/c1-12-4-2-5-13(8-12)16(17)11-18-9-14-6-3-7-15(14)10-18/h2,4-5,8,14-16H,3,6-7,9-11,17H2,1H3. The van der Waals surface area contributed by atoms with Crippen molar-refractivity contribution in [1.82, 2.24) is 4.90 Å². The van der Waals surface area contributed by atoms with Crippen LogP contribution in [0.3, 0.4) is 0 Å². The highest BCUT2D eigenvalue weighted by molar-refractivity contribution is 5.25. The number of hydrogen-bond donors (Lipinski definition) is 1. The van der Waals surface area contributed by atoms with Crippen molar-refractivity contribution >= 4 is 0 Å². The summed E-state index contributed by atoms with van der Waals surface area (Å²) in [5.41, 5.74) is 8.94. The molecule has 2 aliphatic rings. The Bertz CT molecular complexity index is 403. The van der Waals surface area contributed by atoms with E-state index >= 15 is 0 Å². The molecule has 1 saturated carbocycles. The van der Waals surface area contributed by atoms with Gasteiger partial charge in [0.1, 0.15) is 0 Å². The molecular weight excluding hydrogens is 220 g/mol. The summed E-state index contributed by atoms with van der Waals surface area (Å²) >= 11 is 0. The maximum Gasteiger partial charge on any atom is 0.0424 e. The molecule has 3 unspecified atom stereocenters. The molecule has 0 aromatic heterocycles. The molecule has 1 aliphatic heterocycles. The maximum absolute atomic E-state index is 6.35. The molecule has 1 heterocycles. The Hall–Kier alpha value is -0.860. The number of nitrogens with zero attached hydrogens (tertiary/aromatic N) is 1. The van der Waals surface area contributed by atoms with Gasteiger partial charge in [-0.25, -0.2) is 0 Å². The van der Waals surface area contributed by atoms with Crippen LogP contribution in [0.25, 0.3) is 0 Å². The summed E-state index contributed by atoms with van der Waals surface area (Å²) in [4.78, 5) is 2.58. The van der Waals surface area contributed by atoms with Gasteiger partial charge in [0.15, 0.2) is 0 Å². The lowest BCUT2D eigenvalue weighted by Crippen LogP contribution is -2.31. The van der Waals surface area contributed by atoms with Gasteiger partial charge in [-0.15, -0.1) is 0 Å². The Balaban J connectivity index is 1.60. The number of nitrogens with two attached hydrogens (primary N) is 1. The number of likely N-dealkylation sites (tertiary alicyclic amines) is 1. The van der Waals surface area contributed by atoms with Crippen molar-refractivity contribution in [2.75, 3.05) is 19.6 Å². The molecule has 1 aromatic carbocycles. The van der Waals surface area contributed by atoms with Crippen LogP contribution in [0.4, 0.5) is 0 Å². The molecule has 2 fully saturated rings. The van der Waals surface area contributed by atoms with Crippen LogP contribution in [-0.2, 0) is 0 Å². The van der Waals surface area contributed by atoms with Gasteiger partial charge in [0.25, 0.3) is 0 Å². The van der Waals surface area contributed by atoms with E-state index in [2.05, 4.69) is 36.1 Å². The normalized spacial score (nSPS) is 29.4. The fourth-order valence-electron chi connectivity index (χ4n) is 3.77. The highest BCUT2D eigenvalue weighted by Crippen LogP contribution is 2.38. The second-order valence-electron chi connectivity index (χ2n) is 6.19. The fraction of sp³-hybridized carbons (Fsp3) is 0.625. The molecule has 0 spiro atoms. The Morgan fingerprint density at radius 1 is 1.28 bits per heavy atom. The molecule has 0 radical (unpaired) electrons. The lowest BCUT2D eigenvalue weighted by Gasteiger charge is -2.22. The average molecular weight is 244 g/mol. The molecular formula is C16H24N2. The van der Waals surface area contributed by atoms with Crippen molar-refractivity contribution in [3.63, 3.8) is 0 Å². The van der Waals surface area contributed by atoms with Crippen molar-refractivity contribution in [3.8, 4) is 0 Å². The number of fused-ring (bicyclic) bond motifs is 1. The summed E-state index contributed by atoms with van der Waals surface area (Å²) in [5, 5.41) is 0. The molecule has 18 heavy (non-hydrogen) atoms. The van der Waals surface area contributed by atoms with E-state index in [0.29, 0.717) is 0 Å². The molecule has 2 N–H and O–H groups in total. The van der Waals surface area contributed by atoms with Crippen molar-refractivity contribution in [2.24, 2.45) is 17.6 Å². The van der Waals surface area contributed by atoms with Gasteiger partial charge in [-0.2, -0.15) is 0 Å². The smallest absolute Gasteiger partial charge is 0.0424 e. The van der Waals surface area contributed by atoms with Gasteiger partial charge in [-0.05, 0) is 37.2 Å². The molecule has 2 nitrogen and oxygen atoms in total. The summed E-state index contributed by atoms with van der Waals surface area (Å²) in [6, 6.07) is 8.80. The van der Waals surface area contributed by atoms with E-state index < -0.39 is 0 Å². The van der Waals surface area contributed by atoms with E-state index in [1.54, 1.807) is 0 Å². The third kappa shape index (κ3) is 2.45. The first-order valence-electron chi connectivity index (χ1n) is 7.27. The van der Waals surface area contributed by atoms with Crippen LogP contribution in [0.5, 0.6) is 0 Å². The molecule has 3 rings (SSSR count). The summed E-state index contributed by atoms with van der Waals surface area (Å²) in [6.07, 6.45) is 4.34. The van der Waals surface area contributed by atoms with Crippen molar-refractivity contribution in [1.29, 1.82) is 0 Å². The Labute approximate surface area is 110 Å². The average Bonchev–Trinajstić information content (AvgIpc) is 2.89. The molecule has 2 heteroatoms. The van der Waals surface area contributed by atoms with E-state index in [0.717, 1.165) is 18.4 Å².